The number of pyridine rings is 1. The van der Waals surface area contributed by atoms with E-state index in [2.05, 4.69) is 15.0 Å². The summed E-state index contributed by atoms with van der Waals surface area (Å²) in [4.78, 5) is 4.15. The highest BCUT2D eigenvalue weighted by Gasteiger charge is 2.23. The van der Waals surface area contributed by atoms with Gasteiger partial charge >= 0.3 is 5.85 Å². The molecule has 24 heavy (non-hydrogen) atoms. The van der Waals surface area contributed by atoms with Crippen LogP contribution in [0.2, 0.25) is 5.02 Å². The summed E-state index contributed by atoms with van der Waals surface area (Å²) in [5, 5.41) is 11.2. The van der Waals surface area contributed by atoms with E-state index in [1.165, 1.54) is 27.6 Å². The second-order valence-electron chi connectivity index (χ2n) is 4.45. The number of aromatic nitrogens is 1. The molecule has 1 aromatic heterocycles. The SMILES string of the molecule is CC.CC(=N)c1c(Cl)ccnc1Nc1ccc(OC(F)(F)P)cc1. The van der Waals surface area contributed by atoms with Crippen molar-refractivity contribution < 1.29 is 13.5 Å². The standard InChI is InChI=1S/C14H13ClF2N3OP.C2H6/c1-8(18)12-11(15)6-7-19-13(12)20-9-2-4-10(5-3-9)21-14(16,17)22;1-2/h2-7,18H,22H2,1H3,(H,19,20);1-2H3. The van der Waals surface area contributed by atoms with Gasteiger partial charge in [0.2, 0.25) is 0 Å². The Bertz CT molecular complexity index is 691. The predicted octanol–water partition coefficient (Wildman–Crippen LogP) is 5.70. The Balaban J connectivity index is 0.00000139. The van der Waals surface area contributed by atoms with E-state index in [-0.39, 0.29) is 11.5 Å². The van der Waals surface area contributed by atoms with Gasteiger partial charge in [-0.05, 0) is 46.5 Å². The number of ether oxygens (including phenoxy) is 1. The fourth-order valence-corrected chi connectivity index (χ4v) is 2.21. The minimum Gasteiger partial charge on any atom is -0.430 e. The quantitative estimate of drug-likeness (QED) is 0.522. The molecule has 0 aliphatic rings. The molecule has 0 radical (unpaired) electrons. The summed E-state index contributed by atoms with van der Waals surface area (Å²) < 4.78 is 29.9. The minimum atomic E-state index is -3.31. The van der Waals surface area contributed by atoms with Crippen LogP contribution >= 0.6 is 20.8 Å². The minimum absolute atomic E-state index is 0.0352. The van der Waals surface area contributed by atoms with E-state index in [0.29, 0.717) is 22.1 Å². The van der Waals surface area contributed by atoms with Crippen LogP contribution < -0.4 is 10.1 Å². The van der Waals surface area contributed by atoms with Crippen LogP contribution in [0.3, 0.4) is 0 Å². The van der Waals surface area contributed by atoms with Crippen molar-refractivity contribution in [3.63, 3.8) is 0 Å². The average Bonchev–Trinajstić information content (AvgIpc) is 2.49. The van der Waals surface area contributed by atoms with E-state index >= 15 is 0 Å². The number of benzene rings is 1. The van der Waals surface area contributed by atoms with Gasteiger partial charge in [-0.3, -0.25) is 0 Å². The molecule has 0 saturated heterocycles. The van der Waals surface area contributed by atoms with Gasteiger partial charge in [0.25, 0.3) is 0 Å². The maximum atomic E-state index is 12.7. The van der Waals surface area contributed by atoms with Gasteiger partial charge < -0.3 is 15.5 Å². The molecule has 0 amide bonds. The molecule has 130 valence electrons. The van der Waals surface area contributed by atoms with Gasteiger partial charge in [-0.15, -0.1) is 0 Å². The summed E-state index contributed by atoms with van der Waals surface area (Å²) in [6, 6.07) is 7.54. The molecule has 1 heterocycles. The Morgan fingerprint density at radius 2 is 1.83 bits per heavy atom. The Morgan fingerprint density at radius 1 is 1.25 bits per heavy atom. The molecule has 8 heteroatoms. The lowest BCUT2D eigenvalue weighted by molar-refractivity contribution is -0.0892. The highest BCUT2D eigenvalue weighted by Crippen LogP contribution is 2.29. The lowest BCUT2D eigenvalue weighted by atomic mass is 10.1. The van der Waals surface area contributed by atoms with Crippen molar-refractivity contribution in [2.75, 3.05) is 5.32 Å². The van der Waals surface area contributed by atoms with E-state index in [9.17, 15) is 8.78 Å². The molecule has 0 saturated carbocycles. The molecular formula is C16H19ClF2N3OP. The Kier molecular flexibility index (Phi) is 7.52. The topological polar surface area (TPSA) is 58.0 Å². The van der Waals surface area contributed by atoms with Crippen molar-refractivity contribution in [2.45, 2.75) is 26.6 Å². The average molecular weight is 374 g/mol. The van der Waals surface area contributed by atoms with Crippen LogP contribution in [-0.4, -0.2) is 16.5 Å². The van der Waals surface area contributed by atoms with Gasteiger partial charge in [0.15, 0.2) is 0 Å². The van der Waals surface area contributed by atoms with Gasteiger partial charge in [0.1, 0.15) is 11.6 Å². The second kappa shape index (κ2) is 8.90. The third-order valence-corrected chi connectivity index (χ3v) is 3.08. The fraction of sp³-hybridized carbons (Fsp3) is 0.250. The number of nitrogens with zero attached hydrogens (tertiary/aromatic N) is 1. The number of nitrogens with one attached hydrogen (secondary N) is 2. The normalized spacial score (nSPS) is 10.5. The lowest BCUT2D eigenvalue weighted by Gasteiger charge is -2.14. The van der Waals surface area contributed by atoms with E-state index in [0.717, 1.165) is 0 Å². The molecule has 1 unspecified atom stereocenters. The van der Waals surface area contributed by atoms with Gasteiger partial charge in [-0.25, -0.2) is 4.98 Å². The number of rotatable bonds is 5. The monoisotopic (exact) mass is 373 g/mol. The van der Waals surface area contributed by atoms with Crippen molar-refractivity contribution in [3.05, 3.63) is 47.1 Å². The largest absolute Gasteiger partial charge is 0.430 e. The van der Waals surface area contributed by atoms with Gasteiger partial charge in [-0.2, -0.15) is 8.78 Å². The molecule has 0 aliphatic carbocycles. The van der Waals surface area contributed by atoms with Crippen LogP contribution in [0.5, 0.6) is 5.75 Å². The molecule has 1 atom stereocenters. The first-order valence-electron chi connectivity index (χ1n) is 7.19. The zero-order valence-electron chi connectivity index (χ0n) is 13.5. The van der Waals surface area contributed by atoms with Crippen LogP contribution in [0.15, 0.2) is 36.5 Å². The summed E-state index contributed by atoms with van der Waals surface area (Å²) in [6.45, 7) is 5.60. The Hall–Kier alpha value is -1.78. The molecule has 0 bridgehead atoms. The van der Waals surface area contributed by atoms with Crippen LogP contribution in [0.25, 0.3) is 0 Å². The number of alkyl halides is 2. The molecule has 2 N–H and O–H groups in total. The molecule has 0 spiro atoms. The molecule has 0 aliphatic heterocycles. The summed E-state index contributed by atoms with van der Waals surface area (Å²) >= 11 is 6.06. The number of halogens is 3. The Morgan fingerprint density at radius 3 is 2.33 bits per heavy atom. The molecule has 0 fully saturated rings. The van der Waals surface area contributed by atoms with Crippen molar-refractivity contribution >= 4 is 38.1 Å². The molecule has 2 rings (SSSR count). The smallest absolute Gasteiger partial charge is 0.408 e. The Labute approximate surface area is 147 Å². The zero-order valence-corrected chi connectivity index (χ0v) is 15.4. The first kappa shape index (κ1) is 20.3. The summed E-state index contributed by atoms with van der Waals surface area (Å²) in [5.74, 6) is -2.86. The van der Waals surface area contributed by atoms with Gasteiger partial charge in [-0.1, -0.05) is 25.4 Å². The molecular weight excluding hydrogens is 355 g/mol. The maximum absolute atomic E-state index is 12.7. The predicted molar refractivity (Wildman–Crippen MR) is 98.1 cm³/mol. The van der Waals surface area contributed by atoms with Crippen LogP contribution in [0.1, 0.15) is 26.3 Å². The summed E-state index contributed by atoms with van der Waals surface area (Å²) in [6.07, 6.45) is 1.52. The number of anilines is 2. The van der Waals surface area contributed by atoms with E-state index in [4.69, 9.17) is 17.0 Å². The van der Waals surface area contributed by atoms with Crippen molar-refractivity contribution in [1.82, 2.24) is 4.98 Å². The lowest BCUT2D eigenvalue weighted by Crippen LogP contribution is -2.14. The first-order valence-corrected chi connectivity index (χ1v) is 8.14. The first-order chi connectivity index (χ1) is 11.3. The number of hydrogen-bond acceptors (Lipinski definition) is 4. The van der Waals surface area contributed by atoms with Crippen molar-refractivity contribution in [3.8, 4) is 5.75 Å². The zero-order chi connectivity index (χ0) is 18.3. The highest BCUT2D eigenvalue weighted by atomic mass is 35.5. The summed E-state index contributed by atoms with van der Waals surface area (Å²) in [5.41, 5.74) is 1.36. The number of hydrogen-bond donors (Lipinski definition) is 2. The van der Waals surface area contributed by atoms with Crippen molar-refractivity contribution in [2.24, 2.45) is 0 Å². The van der Waals surface area contributed by atoms with Crippen LogP contribution in [-0.2, 0) is 0 Å². The molecule has 1 aromatic carbocycles. The fourth-order valence-electron chi connectivity index (χ4n) is 1.79. The van der Waals surface area contributed by atoms with E-state index < -0.39 is 5.85 Å². The van der Waals surface area contributed by atoms with Crippen LogP contribution in [0.4, 0.5) is 20.3 Å². The summed E-state index contributed by atoms with van der Waals surface area (Å²) in [7, 11) is 1.31. The van der Waals surface area contributed by atoms with Crippen molar-refractivity contribution in [1.29, 1.82) is 5.41 Å². The highest BCUT2D eigenvalue weighted by molar-refractivity contribution is 7.17. The second-order valence-corrected chi connectivity index (χ2v) is 5.53. The van der Waals surface area contributed by atoms with E-state index in [1.807, 2.05) is 13.8 Å². The van der Waals surface area contributed by atoms with Gasteiger partial charge in [0.05, 0.1) is 10.6 Å². The van der Waals surface area contributed by atoms with Crippen LogP contribution in [0, 0.1) is 5.41 Å². The van der Waals surface area contributed by atoms with E-state index in [1.54, 1.807) is 25.1 Å². The maximum Gasteiger partial charge on any atom is 0.408 e. The third-order valence-electron chi connectivity index (χ3n) is 2.65. The van der Waals surface area contributed by atoms with Gasteiger partial charge in [0, 0.05) is 17.6 Å². The molecule has 4 nitrogen and oxygen atoms in total. The molecule has 2 aromatic rings. The third kappa shape index (κ3) is 6.02.